The number of benzene rings is 3. The Morgan fingerprint density at radius 1 is 0.931 bits per heavy atom. The summed E-state index contributed by atoms with van der Waals surface area (Å²) in [5, 5.41) is 1.20. The van der Waals surface area contributed by atoms with Crippen LogP contribution < -0.4 is 4.74 Å². The molecule has 0 saturated heterocycles. The molecule has 0 aliphatic carbocycles. The van der Waals surface area contributed by atoms with E-state index in [2.05, 4.69) is 55.3 Å². The molecule has 0 fully saturated rings. The van der Waals surface area contributed by atoms with Gasteiger partial charge in [0, 0.05) is 17.6 Å². The average Bonchev–Trinajstić information content (AvgIpc) is 2.72. The van der Waals surface area contributed by atoms with E-state index in [0.717, 1.165) is 31.5 Å². The first-order chi connectivity index (χ1) is 14.0. The van der Waals surface area contributed by atoms with Crippen molar-refractivity contribution in [1.82, 2.24) is 4.90 Å². The fourth-order valence-corrected chi connectivity index (χ4v) is 3.64. The second-order valence-electron chi connectivity index (χ2n) is 7.46. The lowest BCUT2D eigenvalue weighted by Crippen LogP contribution is -2.20. The zero-order valence-corrected chi connectivity index (χ0v) is 18.5. The fraction of sp³-hybridized carbons (Fsp3) is 0.280. The molecule has 0 heterocycles. The number of aryl methyl sites for hydroxylation is 1. The van der Waals surface area contributed by atoms with Crippen LogP contribution in [0, 0.1) is 6.92 Å². The molecule has 0 aliphatic rings. The molecule has 0 saturated carbocycles. The van der Waals surface area contributed by atoms with Gasteiger partial charge in [0.05, 0.1) is 5.02 Å². The molecule has 3 rings (SSSR count). The van der Waals surface area contributed by atoms with E-state index in [9.17, 15) is 0 Å². The number of nitrogens with zero attached hydrogens (tertiary/aromatic N) is 1. The van der Waals surface area contributed by atoms with E-state index in [0.29, 0.717) is 15.8 Å². The molecule has 2 nitrogen and oxygen atoms in total. The summed E-state index contributed by atoms with van der Waals surface area (Å²) in [7, 11) is 2.16. The maximum atomic E-state index is 6.32. The van der Waals surface area contributed by atoms with Gasteiger partial charge in [-0.2, -0.15) is 0 Å². The zero-order valence-electron chi connectivity index (χ0n) is 16.9. The molecule has 0 radical (unpaired) electrons. The Morgan fingerprint density at radius 3 is 2.38 bits per heavy atom. The molecular weight excluding hydrogens is 401 g/mol. The first-order valence-electron chi connectivity index (χ1n) is 9.92. The molecule has 0 aromatic heterocycles. The number of hydrogen-bond acceptors (Lipinski definition) is 2. The van der Waals surface area contributed by atoms with Crippen LogP contribution in [-0.4, -0.2) is 18.5 Å². The highest BCUT2D eigenvalue weighted by Crippen LogP contribution is 2.33. The van der Waals surface area contributed by atoms with E-state index in [1.165, 1.54) is 11.1 Å². The van der Waals surface area contributed by atoms with E-state index < -0.39 is 0 Å². The van der Waals surface area contributed by atoms with Gasteiger partial charge in [-0.05, 0) is 56.6 Å². The molecule has 0 spiro atoms. The van der Waals surface area contributed by atoms with E-state index >= 15 is 0 Å². The smallest absolute Gasteiger partial charge is 0.140 e. The van der Waals surface area contributed by atoms with Gasteiger partial charge in [0.15, 0.2) is 0 Å². The number of halogens is 2. The molecule has 0 N–H and O–H groups in total. The first-order valence-corrected chi connectivity index (χ1v) is 10.7. The van der Waals surface area contributed by atoms with Crippen molar-refractivity contribution in [3.63, 3.8) is 0 Å². The van der Waals surface area contributed by atoms with Crippen molar-refractivity contribution < 1.29 is 4.74 Å². The van der Waals surface area contributed by atoms with Crippen LogP contribution in [0.2, 0.25) is 10.0 Å². The second kappa shape index (κ2) is 10.7. The second-order valence-corrected chi connectivity index (χ2v) is 8.30. The molecule has 3 aromatic rings. The summed E-state index contributed by atoms with van der Waals surface area (Å²) < 4.78 is 6.29. The lowest BCUT2D eigenvalue weighted by atomic mass is 10.0. The zero-order chi connectivity index (χ0) is 20.6. The van der Waals surface area contributed by atoms with Gasteiger partial charge >= 0.3 is 0 Å². The highest BCUT2D eigenvalue weighted by molar-refractivity contribution is 6.34. The Balaban J connectivity index is 1.61. The molecule has 3 aromatic carbocycles. The number of ether oxygens (including phenoxy) is 1. The minimum absolute atomic E-state index is 0.0695. The van der Waals surface area contributed by atoms with Crippen LogP contribution in [0.4, 0.5) is 0 Å². The SMILES string of the molecule is Cc1ccc(CN(C)CCC[C@@H](Oc2cc(Cl)ccc2Cl)c2ccccc2)cc1. The summed E-state index contributed by atoms with van der Waals surface area (Å²) >= 11 is 12.5. The number of rotatable bonds is 9. The predicted molar refractivity (Wildman–Crippen MR) is 123 cm³/mol. The Bertz CT molecular complexity index is 896. The molecule has 0 bridgehead atoms. The summed E-state index contributed by atoms with van der Waals surface area (Å²) in [5.41, 5.74) is 3.77. The molecule has 1 atom stereocenters. The molecule has 152 valence electrons. The van der Waals surface area contributed by atoms with Crippen molar-refractivity contribution in [2.75, 3.05) is 13.6 Å². The van der Waals surface area contributed by atoms with Crippen molar-refractivity contribution in [2.45, 2.75) is 32.4 Å². The van der Waals surface area contributed by atoms with Crippen molar-refractivity contribution >= 4 is 23.2 Å². The number of hydrogen-bond donors (Lipinski definition) is 0. The van der Waals surface area contributed by atoms with E-state index in [1.807, 2.05) is 18.2 Å². The lowest BCUT2D eigenvalue weighted by molar-refractivity contribution is 0.183. The van der Waals surface area contributed by atoms with Crippen LogP contribution in [0.25, 0.3) is 0 Å². The third kappa shape index (κ3) is 6.78. The monoisotopic (exact) mass is 427 g/mol. The standard InChI is InChI=1S/C25H27Cl2NO/c1-19-10-12-20(13-11-19)18-28(2)16-6-9-24(21-7-4-3-5-8-21)29-25-17-22(26)14-15-23(25)27/h3-5,7-8,10-15,17,24H,6,9,16,18H2,1-2H3/t24-/m1/s1. The van der Waals surface area contributed by atoms with Crippen LogP contribution in [0.3, 0.4) is 0 Å². The molecular formula is C25H27Cl2NO. The van der Waals surface area contributed by atoms with Crippen molar-refractivity contribution in [3.05, 3.63) is 99.5 Å². The van der Waals surface area contributed by atoms with Gasteiger partial charge < -0.3 is 9.64 Å². The maximum absolute atomic E-state index is 6.32. The van der Waals surface area contributed by atoms with Gasteiger partial charge in [0.1, 0.15) is 11.9 Å². The van der Waals surface area contributed by atoms with Gasteiger partial charge in [-0.25, -0.2) is 0 Å². The van der Waals surface area contributed by atoms with Crippen LogP contribution in [0.15, 0.2) is 72.8 Å². The van der Waals surface area contributed by atoms with Crippen molar-refractivity contribution in [1.29, 1.82) is 0 Å². The molecule has 4 heteroatoms. The Kier molecular flexibility index (Phi) is 8.00. The Morgan fingerprint density at radius 2 is 1.66 bits per heavy atom. The topological polar surface area (TPSA) is 12.5 Å². The van der Waals surface area contributed by atoms with Gasteiger partial charge in [-0.1, -0.05) is 83.4 Å². The minimum atomic E-state index is -0.0695. The highest BCUT2D eigenvalue weighted by Gasteiger charge is 2.16. The summed E-state index contributed by atoms with van der Waals surface area (Å²) in [4.78, 5) is 2.35. The van der Waals surface area contributed by atoms with Gasteiger partial charge in [0.25, 0.3) is 0 Å². The third-order valence-corrected chi connectivity index (χ3v) is 5.46. The summed E-state index contributed by atoms with van der Waals surface area (Å²) in [6.45, 7) is 4.05. The van der Waals surface area contributed by atoms with Gasteiger partial charge in [-0.3, -0.25) is 0 Å². The molecule has 29 heavy (non-hydrogen) atoms. The minimum Gasteiger partial charge on any atom is -0.484 e. The third-order valence-electron chi connectivity index (χ3n) is 4.91. The normalized spacial score (nSPS) is 12.2. The summed E-state index contributed by atoms with van der Waals surface area (Å²) in [6, 6.07) is 24.3. The molecule has 0 aliphatic heterocycles. The molecule has 0 amide bonds. The van der Waals surface area contributed by atoms with Crippen LogP contribution in [0.1, 0.15) is 35.6 Å². The maximum Gasteiger partial charge on any atom is 0.140 e. The van der Waals surface area contributed by atoms with Crippen molar-refractivity contribution in [3.8, 4) is 5.75 Å². The fourth-order valence-electron chi connectivity index (χ4n) is 3.31. The van der Waals surface area contributed by atoms with Crippen molar-refractivity contribution in [2.24, 2.45) is 0 Å². The quantitative estimate of drug-likeness (QED) is 0.354. The van der Waals surface area contributed by atoms with E-state index in [-0.39, 0.29) is 6.10 Å². The van der Waals surface area contributed by atoms with Crippen LogP contribution in [-0.2, 0) is 6.54 Å². The molecule has 0 unspecified atom stereocenters. The largest absolute Gasteiger partial charge is 0.484 e. The van der Waals surface area contributed by atoms with E-state index in [4.69, 9.17) is 27.9 Å². The summed E-state index contributed by atoms with van der Waals surface area (Å²) in [5.74, 6) is 0.626. The highest BCUT2D eigenvalue weighted by atomic mass is 35.5. The lowest BCUT2D eigenvalue weighted by Gasteiger charge is -2.22. The van der Waals surface area contributed by atoms with Crippen LogP contribution in [0.5, 0.6) is 5.75 Å². The van der Waals surface area contributed by atoms with Crippen LogP contribution >= 0.6 is 23.2 Å². The predicted octanol–water partition coefficient (Wildman–Crippen LogP) is 7.33. The Hall–Kier alpha value is -2.00. The Labute approximate surface area is 184 Å². The van der Waals surface area contributed by atoms with E-state index in [1.54, 1.807) is 18.2 Å². The average molecular weight is 428 g/mol. The van der Waals surface area contributed by atoms with Gasteiger partial charge in [0.2, 0.25) is 0 Å². The summed E-state index contributed by atoms with van der Waals surface area (Å²) in [6.07, 6.45) is 1.84. The first kappa shape index (κ1) is 21.7. The van der Waals surface area contributed by atoms with Gasteiger partial charge in [-0.15, -0.1) is 0 Å².